The van der Waals surface area contributed by atoms with Crippen molar-refractivity contribution in [2.24, 2.45) is 7.05 Å². The van der Waals surface area contributed by atoms with Crippen LogP contribution in [-0.4, -0.2) is 39.1 Å². The van der Waals surface area contributed by atoms with Gasteiger partial charge in [-0.05, 0) is 12.8 Å². The van der Waals surface area contributed by atoms with Crippen molar-refractivity contribution in [3.63, 3.8) is 0 Å². The largest absolute Gasteiger partial charge is 0.334 e. The molecule has 0 saturated heterocycles. The number of nitrogens with zero attached hydrogens (tertiary/aromatic N) is 3. The molecule has 2 rings (SSSR count). The average Bonchev–Trinajstić information content (AvgIpc) is 2.95. The molecule has 17 heavy (non-hydrogen) atoms. The first-order valence-electron chi connectivity index (χ1n) is 6.08. The summed E-state index contributed by atoms with van der Waals surface area (Å²) in [6.07, 6.45) is 8.01. The molecule has 1 amide bonds. The van der Waals surface area contributed by atoms with Gasteiger partial charge in [0.1, 0.15) is 0 Å². The quantitative estimate of drug-likeness (QED) is 0.773. The molecular formula is C12H18ClN3O. The number of carbonyl (C=O) groups excluding carboxylic acids is 1. The van der Waals surface area contributed by atoms with Crippen molar-refractivity contribution >= 4 is 17.5 Å². The zero-order chi connectivity index (χ0) is 12.3. The van der Waals surface area contributed by atoms with E-state index in [1.807, 2.05) is 11.9 Å². The average molecular weight is 256 g/mol. The van der Waals surface area contributed by atoms with E-state index in [1.54, 1.807) is 17.1 Å². The molecule has 1 aliphatic rings. The Kier molecular flexibility index (Phi) is 4.05. The summed E-state index contributed by atoms with van der Waals surface area (Å²) >= 11 is 5.80. The van der Waals surface area contributed by atoms with Gasteiger partial charge in [-0.3, -0.25) is 9.48 Å². The maximum absolute atomic E-state index is 12.3. The van der Waals surface area contributed by atoms with Crippen molar-refractivity contribution in [2.45, 2.75) is 31.7 Å². The van der Waals surface area contributed by atoms with E-state index in [4.69, 9.17) is 11.6 Å². The van der Waals surface area contributed by atoms with Crippen LogP contribution in [-0.2, 0) is 7.05 Å². The molecule has 0 aromatic carbocycles. The Labute approximate surface area is 107 Å². The van der Waals surface area contributed by atoms with Crippen molar-refractivity contribution < 1.29 is 4.79 Å². The molecule has 5 heteroatoms. The van der Waals surface area contributed by atoms with Crippen LogP contribution in [0.1, 0.15) is 36.0 Å². The summed E-state index contributed by atoms with van der Waals surface area (Å²) in [4.78, 5) is 14.3. The number of amides is 1. The Hall–Kier alpha value is -1.03. The molecule has 0 spiro atoms. The third-order valence-electron chi connectivity index (χ3n) is 3.30. The molecule has 4 nitrogen and oxygen atoms in total. The van der Waals surface area contributed by atoms with E-state index >= 15 is 0 Å². The van der Waals surface area contributed by atoms with Crippen LogP contribution in [0.4, 0.5) is 0 Å². The van der Waals surface area contributed by atoms with Gasteiger partial charge >= 0.3 is 0 Å². The minimum Gasteiger partial charge on any atom is -0.334 e. The zero-order valence-electron chi connectivity index (χ0n) is 10.1. The van der Waals surface area contributed by atoms with Gasteiger partial charge in [0.15, 0.2) is 0 Å². The Morgan fingerprint density at radius 2 is 2.29 bits per heavy atom. The first-order valence-corrected chi connectivity index (χ1v) is 6.61. The van der Waals surface area contributed by atoms with Crippen molar-refractivity contribution in [1.82, 2.24) is 14.7 Å². The van der Waals surface area contributed by atoms with Gasteiger partial charge in [0.05, 0.1) is 11.8 Å². The lowest BCUT2D eigenvalue weighted by molar-refractivity contribution is 0.0695. The maximum Gasteiger partial charge on any atom is 0.257 e. The highest BCUT2D eigenvalue weighted by Crippen LogP contribution is 2.24. The molecule has 1 fully saturated rings. The van der Waals surface area contributed by atoms with E-state index in [1.165, 1.54) is 12.8 Å². The summed E-state index contributed by atoms with van der Waals surface area (Å²) in [5, 5.41) is 4.04. The van der Waals surface area contributed by atoms with E-state index in [0.717, 1.165) is 12.8 Å². The summed E-state index contributed by atoms with van der Waals surface area (Å²) in [6, 6.07) is 0.362. The number of rotatable bonds is 4. The fourth-order valence-electron chi connectivity index (χ4n) is 2.45. The van der Waals surface area contributed by atoms with Crippen molar-refractivity contribution in [3.05, 3.63) is 18.0 Å². The Morgan fingerprint density at radius 1 is 1.59 bits per heavy atom. The Balaban J connectivity index is 2.12. The molecule has 1 aromatic heterocycles. The van der Waals surface area contributed by atoms with Crippen LogP contribution < -0.4 is 0 Å². The number of alkyl halides is 1. The first kappa shape index (κ1) is 12.4. The molecule has 1 heterocycles. The fourth-order valence-corrected chi connectivity index (χ4v) is 2.64. The van der Waals surface area contributed by atoms with Gasteiger partial charge in [-0.1, -0.05) is 12.8 Å². The van der Waals surface area contributed by atoms with Crippen molar-refractivity contribution in [1.29, 1.82) is 0 Å². The van der Waals surface area contributed by atoms with Crippen LogP contribution in [0.15, 0.2) is 12.4 Å². The van der Waals surface area contributed by atoms with Gasteiger partial charge in [0, 0.05) is 31.7 Å². The minimum atomic E-state index is 0.0608. The molecule has 94 valence electrons. The second kappa shape index (κ2) is 5.54. The number of hydrogen-bond acceptors (Lipinski definition) is 2. The lowest BCUT2D eigenvalue weighted by atomic mass is 10.2. The van der Waals surface area contributed by atoms with Crippen LogP contribution in [0.3, 0.4) is 0 Å². The second-order valence-corrected chi connectivity index (χ2v) is 4.91. The minimum absolute atomic E-state index is 0.0608. The third-order valence-corrected chi connectivity index (χ3v) is 3.47. The van der Waals surface area contributed by atoms with Crippen molar-refractivity contribution in [2.75, 3.05) is 12.4 Å². The number of hydrogen-bond donors (Lipinski definition) is 0. The SMILES string of the molecule is Cn1cc(C(=O)N(CCCl)C2CCCC2)cn1. The van der Waals surface area contributed by atoms with Crippen molar-refractivity contribution in [3.8, 4) is 0 Å². The van der Waals surface area contributed by atoms with E-state index in [2.05, 4.69) is 5.10 Å². The van der Waals surface area contributed by atoms with Gasteiger partial charge in [-0.15, -0.1) is 11.6 Å². The normalized spacial score (nSPS) is 16.4. The topological polar surface area (TPSA) is 38.1 Å². The molecule has 0 N–H and O–H groups in total. The predicted octanol–water partition coefficient (Wildman–Crippen LogP) is 2.04. The van der Waals surface area contributed by atoms with Gasteiger partial charge in [-0.25, -0.2) is 0 Å². The van der Waals surface area contributed by atoms with Crippen LogP contribution in [0, 0.1) is 0 Å². The van der Waals surface area contributed by atoms with E-state index < -0.39 is 0 Å². The van der Waals surface area contributed by atoms with Gasteiger partial charge in [0.2, 0.25) is 0 Å². The highest BCUT2D eigenvalue weighted by atomic mass is 35.5. The predicted molar refractivity (Wildman–Crippen MR) is 67.2 cm³/mol. The summed E-state index contributed by atoms with van der Waals surface area (Å²) in [5.41, 5.74) is 0.657. The number of halogens is 1. The number of carbonyl (C=O) groups is 1. The van der Waals surface area contributed by atoms with E-state index in [-0.39, 0.29) is 5.91 Å². The molecule has 0 bridgehead atoms. The van der Waals surface area contributed by atoms with Crippen LogP contribution in [0.25, 0.3) is 0 Å². The third kappa shape index (κ3) is 2.80. The first-order chi connectivity index (χ1) is 8.22. The molecule has 0 aliphatic heterocycles. The van der Waals surface area contributed by atoms with E-state index in [0.29, 0.717) is 24.0 Å². The Bertz CT molecular complexity index is 385. The molecule has 0 atom stereocenters. The highest BCUT2D eigenvalue weighted by Gasteiger charge is 2.27. The molecule has 1 aliphatic carbocycles. The number of aryl methyl sites for hydroxylation is 1. The van der Waals surface area contributed by atoms with Gasteiger partial charge in [0.25, 0.3) is 5.91 Å². The van der Waals surface area contributed by atoms with Crippen LogP contribution in [0.2, 0.25) is 0 Å². The van der Waals surface area contributed by atoms with Gasteiger partial charge < -0.3 is 4.90 Å². The van der Waals surface area contributed by atoms with Crippen LogP contribution in [0.5, 0.6) is 0 Å². The maximum atomic E-state index is 12.3. The summed E-state index contributed by atoms with van der Waals surface area (Å²) < 4.78 is 1.65. The highest BCUT2D eigenvalue weighted by molar-refractivity contribution is 6.18. The summed E-state index contributed by atoms with van der Waals surface area (Å²) in [5.74, 6) is 0.549. The fraction of sp³-hybridized carbons (Fsp3) is 0.667. The molecule has 0 radical (unpaired) electrons. The molecular weight excluding hydrogens is 238 g/mol. The van der Waals surface area contributed by atoms with Gasteiger partial charge in [-0.2, -0.15) is 5.10 Å². The molecule has 1 aromatic rings. The monoisotopic (exact) mass is 255 g/mol. The lowest BCUT2D eigenvalue weighted by Gasteiger charge is -2.27. The summed E-state index contributed by atoms with van der Waals surface area (Å²) in [6.45, 7) is 0.625. The summed E-state index contributed by atoms with van der Waals surface area (Å²) in [7, 11) is 1.82. The van der Waals surface area contributed by atoms with E-state index in [9.17, 15) is 4.79 Å². The standard InChI is InChI=1S/C12H18ClN3O/c1-15-9-10(8-14-15)12(17)16(7-6-13)11-4-2-3-5-11/h8-9,11H,2-7H2,1H3. The smallest absolute Gasteiger partial charge is 0.257 e. The molecule has 0 unspecified atom stereocenters. The lowest BCUT2D eigenvalue weighted by Crippen LogP contribution is -2.40. The molecule has 1 saturated carbocycles. The Morgan fingerprint density at radius 3 is 2.82 bits per heavy atom. The zero-order valence-corrected chi connectivity index (χ0v) is 10.9. The van der Waals surface area contributed by atoms with Crippen LogP contribution >= 0.6 is 11.6 Å². The second-order valence-electron chi connectivity index (χ2n) is 4.53. The number of aromatic nitrogens is 2.